The molecule has 1 aromatic rings. The summed E-state index contributed by atoms with van der Waals surface area (Å²) < 4.78 is 0. The maximum atomic E-state index is 13.3. The molecule has 0 aromatic heterocycles. The summed E-state index contributed by atoms with van der Waals surface area (Å²) in [5.41, 5.74) is 5.94. The minimum absolute atomic E-state index is 0.000184. The number of carbonyl (C=O) groups excluding carboxylic acids is 4. The number of hydrogen-bond acceptors (Lipinski definition) is 6. The molecule has 1 aliphatic rings. The lowest BCUT2D eigenvalue weighted by molar-refractivity contribution is -0.142. The molecular formula is C25H37N5O6. The molecule has 1 aromatic carbocycles. The monoisotopic (exact) mass is 503 g/mol. The Morgan fingerprint density at radius 1 is 1.00 bits per heavy atom. The van der Waals surface area contributed by atoms with E-state index in [0.29, 0.717) is 6.42 Å². The summed E-state index contributed by atoms with van der Waals surface area (Å²) in [5.74, 6) is -3.51. The number of nitrogens with one attached hydrogen (secondary N) is 4. The Morgan fingerprint density at radius 2 is 1.64 bits per heavy atom. The molecule has 4 amide bonds. The molecule has 4 unspecified atom stereocenters. The molecule has 4 atom stereocenters. The number of nitrogens with two attached hydrogens (primary N) is 1. The second-order valence-electron chi connectivity index (χ2n) is 9.49. The standard InChI is InChI=1S/C25H37N5O6/c1-15(2)13-19(23(33)28-18(25(35)36)10-11-21(26)31)29-24(34)20(14-16-7-4-3-5-8-16)30-22(32)17-9-6-12-27-17/h3-5,7-8,15,17-20,27H,6,9-14H2,1-2H3,(H2,26,31)(H,28,33)(H,29,34)(H,30,32)(H,35,36). The Morgan fingerprint density at radius 3 is 2.19 bits per heavy atom. The summed E-state index contributed by atoms with van der Waals surface area (Å²) >= 11 is 0. The second kappa shape index (κ2) is 14.2. The maximum Gasteiger partial charge on any atom is 0.326 e. The van der Waals surface area contributed by atoms with E-state index < -0.39 is 41.8 Å². The molecular weight excluding hydrogens is 466 g/mol. The number of carboxylic acids is 1. The fraction of sp³-hybridized carbons (Fsp3) is 0.560. The molecule has 11 heteroatoms. The van der Waals surface area contributed by atoms with Crippen LogP contribution in [-0.4, -0.2) is 65.4 Å². The first-order chi connectivity index (χ1) is 17.1. The fourth-order valence-electron chi connectivity index (χ4n) is 4.03. The van der Waals surface area contributed by atoms with Gasteiger partial charge in [0.05, 0.1) is 6.04 Å². The first-order valence-corrected chi connectivity index (χ1v) is 12.3. The summed E-state index contributed by atoms with van der Waals surface area (Å²) in [4.78, 5) is 61.7. The summed E-state index contributed by atoms with van der Waals surface area (Å²) in [6, 6.07) is 5.51. The van der Waals surface area contributed by atoms with E-state index in [0.717, 1.165) is 18.5 Å². The molecule has 1 aliphatic heterocycles. The topological polar surface area (TPSA) is 180 Å². The van der Waals surface area contributed by atoms with Crippen LogP contribution in [-0.2, 0) is 30.4 Å². The predicted octanol–water partition coefficient (Wildman–Crippen LogP) is -0.168. The fourth-order valence-corrected chi connectivity index (χ4v) is 4.03. The van der Waals surface area contributed by atoms with Crippen molar-refractivity contribution < 1.29 is 29.1 Å². The third-order valence-electron chi connectivity index (χ3n) is 5.93. The molecule has 7 N–H and O–H groups in total. The minimum atomic E-state index is -1.33. The average Bonchev–Trinajstić information content (AvgIpc) is 3.36. The van der Waals surface area contributed by atoms with Crippen LogP contribution in [0.2, 0.25) is 0 Å². The first-order valence-electron chi connectivity index (χ1n) is 12.3. The van der Waals surface area contributed by atoms with Crippen LogP contribution in [0.1, 0.15) is 51.5 Å². The van der Waals surface area contributed by atoms with Gasteiger partial charge in [-0.2, -0.15) is 0 Å². The van der Waals surface area contributed by atoms with E-state index in [1.54, 1.807) is 0 Å². The van der Waals surface area contributed by atoms with E-state index in [-0.39, 0.29) is 43.6 Å². The number of benzene rings is 1. The predicted molar refractivity (Wildman–Crippen MR) is 132 cm³/mol. The number of aliphatic carboxylic acids is 1. The molecule has 11 nitrogen and oxygen atoms in total. The van der Waals surface area contributed by atoms with Gasteiger partial charge in [0.1, 0.15) is 18.1 Å². The van der Waals surface area contributed by atoms with Gasteiger partial charge in [-0.3, -0.25) is 19.2 Å². The van der Waals surface area contributed by atoms with Gasteiger partial charge in [-0.1, -0.05) is 44.2 Å². The average molecular weight is 504 g/mol. The summed E-state index contributed by atoms with van der Waals surface area (Å²) in [7, 11) is 0. The molecule has 1 heterocycles. The van der Waals surface area contributed by atoms with E-state index in [4.69, 9.17) is 5.73 Å². The van der Waals surface area contributed by atoms with Gasteiger partial charge >= 0.3 is 5.97 Å². The smallest absolute Gasteiger partial charge is 0.326 e. The van der Waals surface area contributed by atoms with Gasteiger partial charge in [-0.25, -0.2) is 4.79 Å². The number of carboxylic acid groups (broad SMARTS) is 1. The van der Waals surface area contributed by atoms with Crippen LogP contribution in [0.5, 0.6) is 0 Å². The highest BCUT2D eigenvalue weighted by Gasteiger charge is 2.32. The van der Waals surface area contributed by atoms with Crippen molar-refractivity contribution in [3.8, 4) is 0 Å². The molecule has 1 fully saturated rings. The van der Waals surface area contributed by atoms with E-state index in [9.17, 15) is 29.1 Å². The van der Waals surface area contributed by atoms with Crippen molar-refractivity contribution in [1.82, 2.24) is 21.3 Å². The van der Waals surface area contributed by atoms with Crippen LogP contribution in [0.3, 0.4) is 0 Å². The number of hydrogen-bond donors (Lipinski definition) is 6. The van der Waals surface area contributed by atoms with E-state index in [1.165, 1.54) is 0 Å². The molecule has 0 radical (unpaired) electrons. The molecule has 0 saturated carbocycles. The van der Waals surface area contributed by atoms with Crippen molar-refractivity contribution in [2.75, 3.05) is 6.54 Å². The zero-order valence-corrected chi connectivity index (χ0v) is 20.8. The molecule has 0 aliphatic carbocycles. The summed E-state index contributed by atoms with van der Waals surface area (Å²) in [6.07, 6.45) is 1.63. The van der Waals surface area contributed by atoms with Gasteiger partial charge in [-0.15, -0.1) is 0 Å². The zero-order valence-electron chi connectivity index (χ0n) is 20.8. The van der Waals surface area contributed by atoms with Crippen molar-refractivity contribution in [3.05, 3.63) is 35.9 Å². The summed E-state index contributed by atoms with van der Waals surface area (Å²) in [6.45, 7) is 4.46. The van der Waals surface area contributed by atoms with Gasteiger partial charge in [0.2, 0.25) is 23.6 Å². The molecule has 36 heavy (non-hydrogen) atoms. The van der Waals surface area contributed by atoms with Crippen LogP contribution in [0.25, 0.3) is 0 Å². The Labute approximate surface area is 211 Å². The largest absolute Gasteiger partial charge is 0.480 e. The maximum absolute atomic E-state index is 13.3. The molecule has 1 saturated heterocycles. The third kappa shape index (κ3) is 9.65. The first kappa shape index (κ1) is 28.8. The van der Waals surface area contributed by atoms with Crippen LogP contribution in [0.4, 0.5) is 0 Å². The molecule has 198 valence electrons. The Kier molecular flexibility index (Phi) is 11.3. The van der Waals surface area contributed by atoms with Crippen LogP contribution >= 0.6 is 0 Å². The van der Waals surface area contributed by atoms with E-state index in [2.05, 4.69) is 21.3 Å². The number of amides is 4. The second-order valence-corrected chi connectivity index (χ2v) is 9.49. The number of rotatable bonds is 14. The van der Waals surface area contributed by atoms with Crippen LogP contribution in [0, 0.1) is 5.92 Å². The molecule has 0 bridgehead atoms. The normalized spacial score (nSPS) is 17.6. The SMILES string of the molecule is CC(C)CC(NC(=O)C(Cc1ccccc1)NC(=O)C1CCCN1)C(=O)NC(CCC(N)=O)C(=O)O. The van der Waals surface area contributed by atoms with Gasteiger partial charge < -0.3 is 32.1 Å². The van der Waals surface area contributed by atoms with Crippen molar-refractivity contribution in [2.24, 2.45) is 11.7 Å². The zero-order chi connectivity index (χ0) is 26.7. The number of carbonyl (C=O) groups is 5. The lowest BCUT2D eigenvalue weighted by atomic mass is 10.00. The molecule has 0 spiro atoms. The highest BCUT2D eigenvalue weighted by atomic mass is 16.4. The van der Waals surface area contributed by atoms with Gasteiger partial charge in [0.25, 0.3) is 0 Å². The van der Waals surface area contributed by atoms with Gasteiger partial charge in [0.15, 0.2) is 0 Å². The van der Waals surface area contributed by atoms with Gasteiger partial charge in [-0.05, 0) is 43.7 Å². The summed E-state index contributed by atoms with van der Waals surface area (Å²) in [5, 5.41) is 20.4. The van der Waals surface area contributed by atoms with Crippen molar-refractivity contribution in [2.45, 2.75) is 76.5 Å². The number of primary amides is 1. The van der Waals surface area contributed by atoms with E-state index >= 15 is 0 Å². The van der Waals surface area contributed by atoms with Crippen LogP contribution < -0.4 is 27.0 Å². The highest BCUT2D eigenvalue weighted by molar-refractivity contribution is 5.94. The Bertz CT molecular complexity index is 917. The van der Waals surface area contributed by atoms with Crippen molar-refractivity contribution in [1.29, 1.82) is 0 Å². The highest BCUT2D eigenvalue weighted by Crippen LogP contribution is 2.11. The lowest BCUT2D eigenvalue weighted by Gasteiger charge is -2.26. The van der Waals surface area contributed by atoms with E-state index in [1.807, 2.05) is 44.2 Å². The van der Waals surface area contributed by atoms with Crippen LogP contribution in [0.15, 0.2) is 30.3 Å². The van der Waals surface area contributed by atoms with Crippen molar-refractivity contribution in [3.63, 3.8) is 0 Å². The van der Waals surface area contributed by atoms with Gasteiger partial charge in [0, 0.05) is 12.8 Å². The Hall–Kier alpha value is -3.47. The minimum Gasteiger partial charge on any atom is -0.480 e. The lowest BCUT2D eigenvalue weighted by Crippen LogP contribution is -2.57. The molecule has 2 rings (SSSR count). The third-order valence-corrected chi connectivity index (χ3v) is 5.93. The quantitative estimate of drug-likeness (QED) is 0.204. The Balaban J connectivity index is 2.16. The van der Waals surface area contributed by atoms with Crippen molar-refractivity contribution >= 4 is 29.6 Å².